The Hall–Kier alpha value is -0.610. The zero-order chi connectivity index (χ0) is 10.8. The van der Waals surface area contributed by atoms with Gasteiger partial charge in [-0.1, -0.05) is 0 Å². The number of nitrogens with two attached hydrogens (primary N) is 1. The smallest absolute Gasteiger partial charge is 0.185 e. The quantitative estimate of drug-likeness (QED) is 0.840. The monoisotopic (exact) mass is 225 g/mol. The molecule has 0 amide bonds. The molecule has 1 aliphatic rings. The molecule has 15 heavy (non-hydrogen) atoms. The molecule has 1 atom stereocenters. The molecule has 1 saturated heterocycles. The molecule has 1 aromatic rings. The molecule has 1 aromatic heterocycles. The van der Waals surface area contributed by atoms with E-state index in [-0.39, 0.29) is 6.04 Å². The topological polar surface area (TPSA) is 42.2 Å². The number of aryl methyl sites for hydroxylation is 1. The van der Waals surface area contributed by atoms with Crippen LogP contribution in [0.4, 0.5) is 5.13 Å². The number of rotatable bonds is 2. The molecule has 0 unspecified atom stereocenters. The van der Waals surface area contributed by atoms with Gasteiger partial charge in [-0.05, 0) is 33.1 Å². The van der Waals surface area contributed by atoms with E-state index in [2.05, 4.69) is 16.8 Å². The molecule has 0 bridgehead atoms. The minimum Gasteiger partial charge on any atom is -0.348 e. The zero-order valence-corrected chi connectivity index (χ0v) is 10.3. The lowest BCUT2D eigenvalue weighted by Gasteiger charge is -2.25. The SMILES string of the molecule is Cc1nc(N2CCCCC2)sc1[C@@H](C)N. The fraction of sp³-hybridized carbons (Fsp3) is 0.727. The summed E-state index contributed by atoms with van der Waals surface area (Å²) in [5.41, 5.74) is 7.02. The first-order valence-electron chi connectivity index (χ1n) is 5.66. The fourth-order valence-electron chi connectivity index (χ4n) is 2.04. The molecule has 0 spiro atoms. The molecule has 1 aliphatic heterocycles. The van der Waals surface area contributed by atoms with Gasteiger partial charge in [0.25, 0.3) is 0 Å². The number of aromatic nitrogens is 1. The molecule has 3 nitrogen and oxygen atoms in total. The van der Waals surface area contributed by atoms with Gasteiger partial charge in [0.2, 0.25) is 0 Å². The van der Waals surface area contributed by atoms with Crippen molar-refractivity contribution in [2.45, 2.75) is 39.2 Å². The lowest BCUT2D eigenvalue weighted by molar-refractivity contribution is 0.576. The third-order valence-electron chi connectivity index (χ3n) is 2.86. The Bertz CT molecular complexity index is 327. The average molecular weight is 225 g/mol. The van der Waals surface area contributed by atoms with Gasteiger partial charge in [-0.15, -0.1) is 11.3 Å². The number of nitrogens with zero attached hydrogens (tertiary/aromatic N) is 2. The van der Waals surface area contributed by atoms with Crippen LogP contribution in [0.3, 0.4) is 0 Å². The van der Waals surface area contributed by atoms with Crippen LogP contribution in [0.1, 0.15) is 42.8 Å². The molecular weight excluding hydrogens is 206 g/mol. The highest BCUT2D eigenvalue weighted by molar-refractivity contribution is 7.15. The van der Waals surface area contributed by atoms with Crippen molar-refractivity contribution in [2.24, 2.45) is 5.73 Å². The average Bonchev–Trinajstić information content (AvgIpc) is 2.62. The van der Waals surface area contributed by atoms with E-state index < -0.39 is 0 Å². The largest absolute Gasteiger partial charge is 0.348 e. The van der Waals surface area contributed by atoms with Crippen LogP contribution in [-0.2, 0) is 0 Å². The van der Waals surface area contributed by atoms with Gasteiger partial charge in [0, 0.05) is 24.0 Å². The van der Waals surface area contributed by atoms with Crippen molar-refractivity contribution in [1.29, 1.82) is 0 Å². The first-order valence-corrected chi connectivity index (χ1v) is 6.48. The Balaban J connectivity index is 2.17. The van der Waals surface area contributed by atoms with Crippen molar-refractivity contribution in [3.63, 3.8) is 0 Å². The summed E-state index contributed by atoms with van der Waals surface area (Å²) in [6.45, 7) is 6.40. The third-order valence-corrected chi connectivity index (χ3v) is 4.28. The summed E-state index contributed by atoms with van der Waals surface area (Å²) in [5.74, 6) is 0. The Morgan fingerprint density at radius 3 is 2.53 bits per heavy atom. The maximum Gasteiger partial charge on any atom is 0.185 e. The summed E-state index contributed by atoms with van der Waals surface area (Å²) in [4.78, 5) is 8.25. The predicted molar refractivity (Wildman–Crippen MR) is 65.5 cm³/mol. The second-order valence-electron chi connectivity index (χ2n) is 4.28. The second kappa shape index (κ2) is 4.49. The molecule has 0 radical (unpaired) electrons. The van der Waals surface area contributed by atoms with Crippen LogP contribution in [0.15, 0.2) is 0 Å². The first-order chi connectivity index (χ1) is 7.18. The van der Waals surface area contributed by atoms with Gasteiger partial charge in [-0.3, -0.25) is 0 Å². The van der Waals surface area contributed by atoms with Crippen LogP contribution in [0.25, 0.3) is 0 Å². The summed E-state index contributed by atoms with van der Waals surface area (Å²) in [5, 5.41) is 1.17. The lowest BCUT2D eigenvalue weighted by atomic mass is 10.1. The molecule has 2 rings (SSSR count). The van der Waals surface area contributed by atoms with Gasteiger partial charge in [-0.25, -0.2) is 4.98 Å². The van der Waals surface area contributed by atoms with Gasteiger partial charge in [0.05, 0.1) is 5.69 Å². The van der Waals surface area contributed by atoms with Gasteiger partial charge >= 0.3 is 0 Å². The Morgan fingerprint density at radius 1 is 1.33 bits per heavy atom. The molecule has 2 heterocycles. The zero-order valence-electron chi connectivity index (χ0n) is 9.49. The van der Waals surface area contributed by atoms with Crippen LogP contribution in [-0.4, -0.2) is 18.1 Å². The van der Waals surface area contributed by atoms with E-state index in [9.17, 15) is 0 Å². The predicted octanol–water partition coefficient (Wildman–Crippen LogP) is 2.46. The van der Waals surface area contributed by atoms with E-state index in [0.717, 1.165) is 18.8 Å². The van der Waals surface area contributed by atoms with Gasteiger partial charge in [0.15, 0.2) is 5.13 Å². The van der Waals surface area contributed by atoms with Crippen LogP contribution in [0.5, 0.6) is 0 Å². The van der Waals surface area contributed by atoms with Gasteiger partial charge in [-0.2, -0.15) is 0 Å². The second-order valence-corrected chi connectivity index (χ2v) is 5.29. The maximum atomic E-state index is 5.91. The van der Waals surface area contributed by atoms with Crippen LogP contribution in [0.2, 0.25) is 0 Å². The Labute approximate surface area is 95.3 Å². The van der Waals surface area contributed by atoms with Crippen molar-refractivity contribution in [1.82, 2.24) is 4.98 Å². The molecule has 1 fully saturated rings. The van der Waals surface area contributed by atoms with Gasteiger partial charge in [0.1, 0.15) is 0 Å². The molecule has 84 valence electrons. The Morgan fingerprint density at radius 2 is 2.00 bits per heavy atom. The van der Waals surface area contributed by atoms with E-state index in [4.69, 9.17) is 5.73 Å². The standard InChI is InChI=1S/C11H19N3S/c1-8(12)10-9(2)13-11(15-10)14-6-4-3-5-7-14/h8H,3-7,12H2,1-2H3/t8-/m1/s1. The fourth-order valence-corrected chi connectivity index (χ4v) is 3.11. The molecule has 2 N–H and O–H groups in total. The molecule has 0 aliphatic carbocycles. The third kappa shape index (κ3) is 2.32. The molecule has 0 saturated carbocycles. The van der Waals surface area contributed by atoms with E-state index in [0.29, 0.717) is 0 Å². The summed E-state index contributed by atoms with van der Waals surface area (Å²) < 4.78 is 0. The summed E-state index contributed by atoms with van der Waals surface area (Å²) >= 11 is 1.76. The minimum absolute atomic E-state index is 0.112. The normalized spacial score (nSPS) is 19.3. The van der Waals surface area contributed by atoms with E-state index in [1.165, 1.54) is 29.3 Å². The van der Waals surface area contributed by atoms with Gasteiger partial charge < -0.3 is 10.6 Å². The summed E-state index contributed by atoms with van der Waals surface area (Å²) in [7, 11) is 0. The van der Waals surface area contributed by atoms with Crippen LogP contribution in [0, 0.1) is 6.92 Å². The Kier molecular flexibility index (Phi) is 3.26. The van der Waals surface area contributed by atoms with Crippen molar-refractivity contribution < 1.29 is 0 Å². The summed E-state index contributed by atoms with van der Waals surface area (Å²) in [6, 6.07) is 0.112. The summed E-state index contributed by atoms with van der Waals surface area (Å²) in [6.07, 6.45) is 3.96. The highest BCUT2D eigenvalue weighted by Crippen LogP contribution is 2.31. The number of hydrogen-bond acceptors (Lipinski definition) is 4. The highest BCUT2D eigenvalue weighted by atomic mass is 32.1. The first kappa shape index (κ1) is 10.9. The van der Waals surface area contributed by atoms with Crippen molar-refractivity contribution in [3.05, 3.63) is 10.6 Å². The van der Waals surface area contributed by atoms with Crippen molar-refractivity contribution >= 4 is 16.5 Å². The number of thiazole rings is 1. The highest BCUT2D eigenvalue weighted by Gasteiger charge is 2.17. The molecular formula is C11H19N3S. The number of anilines is 1. The van der Waals surface area contributed by atoms with E-state index >= 15 is 0 Å². The number of hydrogen-bond donors (Lipinski definition) is 1. The van der Waals surface area contributed by atoms with E-state index in [1.807, 2.05) is 6.92 Å². The lowest BCUT2D eigenvalue weighted by Crippen LogP contribution is -2.29. The van der Waals surface area contributed by atoms with Crippen molar-refractivity contribution in [2.75, 3.05) is 18.0 Å². The maximum absolute atomic E-state index is 5.91. The van der Waals surface area contributed by atoms with E-state index in [1.54, 1.807) is 11.3 Å². The minimum atomic E-state index is 0.112. The number of piperidine rings is 1. The van der Waals surface area contributed by atoms with Crippen LogP contribution >= 0.6 is 11.3 Å². The van der Waals surface area contributed by atoms with Crippen molar-refractivity contribution in [3.8, 4) is 0 Å². The molecule has 4 heteroatoms. The van der Waals surface area contributed by atoms with Crippen LogP contribution < -0.4 is 10.6 Å². The molecule has 0 aromatic carbocycles.